The predicted molar refractivity (Wildman–Crippen MR) is 74.4 cm³/mol. The van der Waals surface area contributed by atoms with Crippen molar-refractivity contribution in [2.45, 2.75) is 25.4 Å². The third kappa shape index (κ3) is 3.35. The fourth-order valence-electron chi connectivity index (χ4n) is 2.65. The van der Waals surface area contributed by atoms with Crippen LogP contribution in [0.2, 0.25) is 0 Å². The molecule has 1 aromatic rings. The molecular weight excluding hydrogens is 258 g/mol. The van der Waals surface area contributed by atoms with E-state index in [4.69, 9.17) is 14.2 Å². The highest BCUT2D eigenvalue weighted by Gasteiger charge is 2.16. The lowest BCUT2D eigenvalue weighted by Gasteiger charge is -2.28. The highest BCUT2D eigenvalue weighted by molar-refractivity contribution is 5.46. The molecule has 1 N–H and O–H groups in total. The van der Waals surface area contributed by atoms with Gasteiger partial charge in [-0.25, -0.2) is 0 Å². The van der Waals surface area contributed by atoms with Gasteiger partial charge in [-0.2, -0.15) is 0 Å². The highest BCUT2D eigenvalue weighted by atomic mass is 16.7. The minimum atomic E-state index is -0.460. The number of piperidine rings is 1. The van der Waals surface area contributed by atoms with Crippen LogP contribution in [0.15, 0.2) is 18.2 Å². The van der Waals surface area contributed by atoms with Gasteiger partial charge in [0.1, 0.15) is 18.5 Å². The maximum atomic E-state index is 10.0. The van der Waals surface area contributed by atoms with Gasteiger partial charge in [0, 0.05) is 12.6 Å². The molecule has 0 radical (unpaired) electrons. The summed E-state index contributed by atoms with van der Waals surface area (Å²) in [6, 6.07) is 5.46. The molecule has 1 fully saturated rings. The Labute approximate surface area is 119 Å². The number of nitrogens with zero attached hydrogens (tertiary/aromatic N) is 1. The molecule has 0 unspecified atom stereocenters. The lowest BCUT2D eigenvalue weighted by Crippen LogP contribution is -2.38. The minimum Gasteiger partial charge on any atom is -0.491 e. The molecule has 2 aliphatic rings. The molecule has 1 saturated heterocycles. The van der Waals surface area contributed by atoms with Crippen molar-refractivity contribution in [2.75, 3.05) is 33.0 Å². The molecule has 3 rings (SSSR count). The smallest absolute Gasteiger partial charge is 0.231 e. The van der Waals surface area contributed by atoms with Crippen molar-refractivity contribution in [3.63, 3.8) is 0 Å². The Bertz CT molecular complexity index is 445. The summed E-state index contributed by atoms with van der Waals surface area (Å²) in [4.78, 5) is 2.30. The number of aliphatic hydroxyl groups excluding tert-OH is 1. The van der Waals surface area contributed by atoms with Gasteiger partial charge in [-0.15, -0.1) is 0 Å². The number of benzene rings is 1. The maximum Gasteiger partial charge on any atom is 0.231 e. The fraction of sp³-hybridized carbons (Fsp3) is 0.600. The molecule has 0 spiro atoms. The average Bonchev–Trinajstić information content (AvgIpc) is 2.93. The Morgan fingerprint density at radius 2 is 1.95 bits per heavy atom. The highest BCUT2D eigenvalue weighted by Crippen LogP contribution is 2.35. The van der Waals surface area contributed by atoms with Crippen LogP contribution >= 0.6 is 0 Å². The van der Waals surface area contributed by atoms with Crippen molar-refractivity contribution in [3.8, 4) is 17.2 Å². The molecular formula is C15H21NO4. The van der Waals surface area contributed by atoms with E-state index in [-0.39, 0.29) is 6.79 Å². The molecule has 110 valence electrons. The first-order chi connectivity index (χ1) is 9.81. The number of aliphatic hydroxyl groups is 1. The Hall–Kier alpha value is -1.46. The van der Waals surface area contributed by atoms with E-state index in [1.807, 2.05) is 12.1 Å². The number of fused-ring (bicyclic) bond motifs is 1. The topological polar surface area (TPSA) is 51.2 Å². The standard InChI is InChI=1S/C15H21NO4/c17-12(9-16-6-2-1-3-7-16)10-18-13-4-5-14-15(8-13)20-11-19-14/h4-5,8,12,17H,1-3,6-7,9-11H2/t12-/m1/s1. The molecule has 0 bridgehead atoms. The van der Waals surface area contributed by atoms with E-state index in [9.17, 15) is 5.11 Å². The Balaban J connectivity index is 1.46. The van der Waals surface area contributed by atoms with Crippen LogP contribution in [0.4, 0.5) is 0 Å². The van der Waals surface area contributed by atoms with Gasteiger partial charge in [-0.3, -0.25) is 0 Å². The normalized spacial score (nSPS) is 19.9. The lowest BCUT2D eigenvalue weighted by molar-refractivity contribution is 0.0616. The van der Waals surface area contributed by atoms with Gasteiger partial charge in [0.05, 0.1) is 0 Å². The maximum absolute atomic E-state index is 10.0. The van der Waals surface area contributed by atoms with Gasteiger partial charge in [-0.05, 0) is 38.1 Å². The lowest BCUT2D eigenvalue weighted by atomic mass is 10.1. The van der Waals surface area contributed by atoms with Crippen molar-refractivity contribution in [1.29, 1.82) is 0 Å². The molecule has 1 atom stereocenters. The summed E-state index contributed by atoms with van der Waals surface area (Å²) >= 11 is 0. The van der Waals surface area contributed by atoms with Crippen LogP contribution in [-0.2, 0) is 0 Å². The zero-order valence-electron chi connectivity index (χ0n) is 11.6. The van der Waals surface area contributed by atoms with Gasteiger partial charge in [0.25, 0.3) is 0 Å². The fourth-order valence-corrected chi connectivity index (χ4v) is 2.65. The molecule has 20 heavy (non-hydrogen) atoms. The number of rotatable bonds is 5. The number of β-amino-alcohol motifs (C(OH)–C–C–N with tert-alkyl or cyclic N) is 1. The van der Waals surface area contributed by atoms with Crippen LogP contribution in [0.3, 0.4) is 0 Å². The zero-order chi connectivity index (χ0) is 13.8. The summed E-state index contributed by atoms with van der Waals surface area (Å²) in [5.74, 6) is 2.14. The molecule has 5 heteroatoms. The third-order valence-corrected chi connectivity index (χ3v) is 3.70. The summed E-state index contributed by atoms with van der Waals surface area (Å²) in [6.07, 6.45) is 3.31. The Morgan fingerprint density at radius 1 is 1.15 bits per heavy atom. The van der Waals surface area contributed by atoms with E-state index in [1.165, 1.54) is 19.3 Å². The van der Waals surface area contributed by atoms with Gasteiger partial charge in [-0.1, -0.05) is 6.42 Å². The summed E-state index contributed by atoms with van der Waals surface area (Å²) < 4.78 is 16.2. The van der Waals surface area contributed by atoms with E-state index in [0.29, 0.717) is 24.7 Å². The van der Waals surface area contributed by atoms with Crippen LogP contribution in [0.25, 0.3) is 0 Å². The van der Waals surface area contributed by atoms with Crippen molar-refractivity contribution in [1.82, 2.24) is 4.90 Å². The second-order valence-corrected chi connectivity index (χ2v) is 5.34. The van der Waals surface area contributed by atoms with Crippen LogP contribution in [0.5, 0.6) is 17.2 Å². The first-order valence-corrected chi connectivity index (χ1v) is 7.24. The second-order valence-electron chi connectivity index (χ2n) is 5.34. The Kier molecular flexibility index (Phi) is 4.28. The van der Waals surface area contributed by atoms with Crippen molar-refractivity contribution < 1.29 is 19.3 Å². The van der Waals surface area contributed by atoms with E-state index in [0.717, 1.165) is 18.8 Å². The molecule has 0 saturated carbocycles. The monoisotopic (exact) mass is 279 g/mol. The number of hydrogen-bond acceptors (Lipinski definition) is 5. The van der Waals surface area contributed by atoms with Crippen LogP contribution in [0.1, 0.15) is 19.3 Å². The summed E-state index contributed by atoms with van der Waals surface area (Å²) in [6.45, 7) is 3.42. The SMILES string of the molecule is O[C@@H](COc1ccc2c(c1)OCO2)CN1CCCCC1. The van der Waals surface area contributed by atoms with E-state index in [2.05, 4.69) is 4.90 Å². The van der Waals surface area contributed by atoms with Crippen molar-refractivity contribution in [2.24, 2.45) is 0 Å². The zero-order valence-corrected chi connectivity index (χ0v) is 11.6. The first kappa shape index (κ1) is 13.5. The largest absolute Gasteiger partial charge is 0.491 e. The van der Waals surface area contributed by atoms with E-state index >= 15 is 0 Å². The quantitative estimate of drug-likeness (QED) is 0.888. The predicted octanol–water partition coefficient (Wildman–Crippen LogP) is 1.64. The first-order valence-electron chi connectivity index (χ1n) is 7.24. The molecule has 1 aromatic carbocycles. The molecule has 2 heterocycles. The van der Waals surface area contributed by atoms with E-state index < -0.39 is 6.10 Å². The third-order valence-electron chi connectivity index (χ3n) is 3.70. The van der Waals surface area contributed by atoms with Crippen LogP contribution in [-0.4, -0.2) is 49.1 Å². The Morgan fingerprint density at radius 3 is 2.80 bits per heavy atom. The molecule has 0 aromatic heterocycles. The summed E-state index contributed by atoms with van der Waals surface area (Å²) in [5.41, 5.74) is 0. The summed E-state index contributed by atoms with van der Waals surface area (Å²) in [7, 11) is 0. The van der Waals surface area contributed by atoms with Gasteiger partial charge >= 0.3 is 0 Å². The van der Waals surface area contributed by atoms with E-state index in [1.54, 1.807) is 6.07 Å². The minimum absolute atomic E-state index is 0.260. The molecule has 5 nitrogen and oxygen atoms in total. The van der Waals surface area contributed by atoms with Crippen molar-refractivity contribution >= 4 is 0 Å². The molecule has 0 aliphatic carbocycles. The number of likely N-dealkylation sites (tertiary alicyclic amines) is 1. The van der Waals surface area contributed by atoms with Crippen LogP contribution < -0.4 is 14.2 Å². The van der Waals surface area contributed by atoms with Gasteiger partial charge in [0.15, 0.2) is 11.5 Å². The van der Waals surface area contributed by atoms with Gasteiger partial charge < -0.3 is 24.2 Å². The number of hydrogen-bond donors (Lipinski definition) is 1. The molecule has 0 amide bonds. The van der Waals surface area contributed by atoms with Crippen molar-refractivity contribution in [3.05, 3.63) is 18.2 Å². The summed E-state index contributed by atoms with van der Waals surface area (Å²) in [5, 5.41) is 10.0. The van der Waals surface area contributed by atoms with Crippen LogP contribution in [0, 0.1) is 0 Å². The average molecular weight is 279 g/mol. The van der Waals surface area contributed by atoms with Gasteiger partial charge in [0.2, 0.25) is 6.79 Å². The molecule has 2 aliphatic heterocycles. The second kappa shape index (κ2) is 6.33. The number of ether oxygens (including phenoxy) is 3.